The Balaban J connectivity index is 1.54. The van der Waals surface area contributed by atoms with E-state index < -0.39 is 5.97 Å². The summed E-state index contributed by atoms with van der Waals surface area (Å²) in [7, 11) is 0. The molecule has 3 aromatic rings. The van der Waals surface area contributed by atoms with Gasteiger partial charge in [0.1, 0.15) is 11.5 Å². The molecule has 4 rings (SSSR count). The molecule has 1 aromatic heterocycles. The van der Waals surface area contributed by atoms with Crippen LogP contribution in [0.4, 0.5) is 4.79 Å². The molecule has 6 nitrogen and oxygen atoms in total. The molecule has 1 aliphatic heterocycles. The van der Waals surface area contributed by atoms with Crippen molar-refractivity contribution in [2.75, 3.05) is 0 Å². The predicted molar refractivity (Wildman–Crippen MR) is 119 cm³/mol. The molecule has 1 N–H and O–H groups in total. The molecule has 1 fully saturated rings. The van der Waals surface area contributed by atoms with Gasteiger partial charge >= 0.3 is 5.97 Å². The van der Waals surface area contributed by atoms with Crippen LogP contribution in [-0.2, 0) is 11.3 Å². The number of carboxylic acids is 1. The summed E-state index contributed by atoms with van der Waals surface area (Å²) in [5, 5.41) is 8.85. The molecule has 0 radical (unpaired) electrons. The first-order chi connectivity index (χ1) is 14.8. The molecule has 31 heavy (non-hydrogen) atoms. The van der Waals surface area contributed by atoms with E-state index in [2.05, 4.69) is 0 Å². The van der Waals surface area contributed by atoms with Crippen LogP contribution in [0, 0.1) is 6.92 Å². The third kappa shape index (κ3) is 4.42. The molecule has 2 heterocycles. The van der Waals surface area contributed by atoms with E-state index in [-0.39, 0.29) is 33.2 Å². The largest absolute Gasteiger partial charge is 0.478 e. The number of carbonyl (C=O) groups excluding carboxylic acids is 2. The number of carbonyl (C=O) groups is 3. The number of furan rings is 1. The number of rotatable bonds is 5. The molecular formula is C23H16ClNO5S. The third-order valence-corrected chi connectivity index (χ3v) is 5.90. The van der Waals surface area contributed by atoms with Gasteiger partial charge in [0.25, 0.3) is 11.1 Å². The number of imide groups is 1. The van der Waals surface area contributed by atoms with Crippen molar-refractivity contribution in [2.24, 2.45) is 0 Å². The van der Waals surface area contributed by atoms with Crippen LogP contribution >= 0.6 is 23.4 Å². The Bertz CT molecular complexity index is 1250. The van der Waals surface area contributed by atoms with Crippen LogP contribution in [0.25, 0.3) is 17.4 Å². The first-order valence-electron chi connectivity index (χ1n) is 9.26. The topological polar surface area (TPSA) is 87.8 Å². The summed E-state index contributed by atoms with van der Waals surface area (Å²) >= 11 is 6.89. The van der Waals surface area contributed by atoms with E-state index in [1.807, 2.05) is 31.2 Å². The van der Waals surface area contributed by atoms with Gasteiger partial charge in [0.05, 0.1) is 22.0 Å². The maximum Gasteiger partial charge on any atom is 0.337 e. The van der Waals surface area contributed by atoms with E-state index in [1.165, 1.54) is 23.1 Å². The molecule has 0 aliphatic carbocycles. The average molecular weight is 454 g/mol. The fourth-order valence-corrected chi connectivity index (χ4v) is 4.27. The summed E-state index contributed by atoms with van der Waals surface area (Å²) < 4.78 is 5.76. The number of aryl methyl sites for hydroxylation is 1. The van der Waals surface area contributed by atoms with Crippen molar-refractivity contribution in [3.05, 3.63) is 87.0 Å². The van der Waals surface area contributed by atoms with Crippen molar-refractivity contribution in [1.82, 2.24) is 4.90 Å². The van der Waals surface area contributed by atoms with E-state index in [0.29, 0.717) is 17.1 Å². The number of aromatic carboxylic acids is 1. The molecule has 0 unspecified atom stereocenters. The smallest absolute Gasteiger partial charge is 0.337 e. The maximum atomic E-state index is 12.7. The molecule has 1 saturated heterocycles. The van der Waals surface area contributed by atoms with Crippen LogP contribution < -0.4 is 0 Å². The van der Waals surface area contributed by atoms with Gasteiger partial charge < -0.3 is 9.52 Å². The third-order valence-electron chi connectivity index (χ3n) is 4.68. The first kappa shape index (κ1) is 21.0. The molecule has 8 heteroatoms. The van der Waals surface area contributed by atoms with Crippen molar-refractivity contribution >= 4 is 46.6 Å². The Hall–Kier alpha value is -3.29. The number of carboxylic acid groups (broad SMARTS) is 1. The second-order valence-electron chi connectivity index (χ2n) is 6.96. The summed E-state index contributed by atoms with van der Waals surface area (Å²) in [6.07, 6.45) is 1.53. The number of nitrogens with zero attached hydrogens (tertiary/aromatic N) is 1. The van der Waals surface area contributed by atoms with Gasteiger partial charge in [-0.25, -0.2) is 4.79 Å². The highest BCUT2D eigenvalue weighted by Crippen LogP contribution is 2.34. The molecule has 156 valence electrons. The summed E-state index contributed by atoms with van der Waals surface area (Å²) in [5.41, 5.74) is 2.53. The number of thioether (sulfide) groups is 1. The normalized spacial score (nSPS) is 15.2. The second-order valence-corrected chi connectivity index (χ2v) is 8.36. The van der Waals surface area contributed by atoms with Gasteiger partial charge in [0.15, 0.2) is 0 Å². The van der Waals surface area contributed by atoms with Crippen LogP contribution in [0.2, 0.25) is 5.02 Å². The zero-order valence-electron chi connectivity index (χ0n) is 16.3. The van der Waals surface area contributed by atoms with E-state index in [0.717, 1.165) is 22.9 Å². The minimum Gasteiger partial charge on any atom is -0.478 e. The molecule has 0 spiro atoms. The zero-order chi connectivity index (χ0) is 22.1. The minimum absolute atomic E-state index is 0.000481. The lowest BCUT2D eigenvalue weighted by Gasteiger charge is -2.12. The molecule has 0 atom stereocenters. The maximum absolute atomic E-state index is 12.7. The predicted octanol–water partition coefficient (Wildman–Crippen LogP) is 5.84. The number of hydrogen-bond acceptors (Lipinski definition) is 5. The lowest BCUT2D eigenvalue weighted by molar-refractivity contribution is -0.123. The van der Waals surface area contributed by atoms with Crippen LogP contribution in [0.1, 0.15) is 27.2 Å². The Morgan fingerprint density at radius 1 is 1.16 bits per heavy atom. The molecule has 0 bridgehead atoms. The van der Waals surface area contributed by atoms with E-state index in [4.69, 9.17) is 21.1 Å². The Morgan fingerprint density at radius 3 is 2.68 bits per heavy atom. The standard InChI is InChI=1S/C23H16ClNO5S/c1-13-3-2-4-14(9-13)12-25-21(26)20(31-23(25)29)11-16-6-8-19(30-16)15-5-7-17(22(27)28)18(24)10-15/h2-11H,12H2,1H3,(H,27,28)/b20-11-. The van der Waals surface area contributed by atoms with Crippen LogP contribution in [0.5, 0.6) is 0 Å². The lowest BCUT2D eigenvalue weighted by atomic mass is 10.1. The van der Waals surface area contributed by atoms with Crippen LogP contribution in [0.15, 0.2) is 63.9 Å². The van der Waals surface area contributed by atoms with Gasteiger partial charge in [-0.1, -0.05) is 47.5 Å². The lowest BCUT2D eigenvalue weighted by Crippen LogP contribution is -2.27. The second kappa shape index (κ2) is 8.45. The van der Waals surface area contributed by atoms with Crippen molar-refractivity contribution in [3.63, 3.8) is 0 Å². The Kier molecular flexibility index (Phi) is 5.71. The summed E-state index contributed by atoms with van der Waals surface area (Å²) in [6, 6.07) is 15.5. The average Bonchev–Trinajstić information content (AvgIpc) is 3.28. The quantitative estimate of drug-likeness (QED) is 0.488. The van der Waals surface area contributed by atoms with E-state index in [9.17, 15) is 14.4 Å². The van der Waals surface area contributed by atoms with Gasteiger partial charge in [0.2, 0.25) is 0 Å². The van der Waals surface area contributed by atoms with Gasteiger partial charge in [0, 0.05) is 11.6 Å². The summed E-state index contributed by atoms with van der Waals surface area (Å²) in [4.78, 5) is 37.7. The summed E-state index contributed by atoms with van der Waals surface area (Å²) in [5.74, 6) is -0.625. The molecule has 1 aliphatic rings. The van der Waals surface area contributed by atoms with Crippen molar-refractivity contribution in [1.29, 1.82) is 0 Å². The molecule has 2 amide bonds. The Labute approximate surface area is 187 Å². The molecular weight excluding hydrogens is 438 g/mol. The number of benzene rings is 2. The highest BCUT2D eigenvalue weighted by molar-refractivity contribution is 8.18. The SMILES string of the molecule is Cc1cccc(CN2C(=O)S/C(=C\c3ccc(-c4ccc(C(=O)O)c(Cl)c4)o3)C2=O)c1. The number of halogens is 1. The fraction of sp³-hybridized carbons (Fsp3) is 0.0870. The van der Waals surface area contributed by atoms with Crippen molar-refractivity contribution in [2.45, 2.75) is 13.5 Å². The highest BCUT2D eigenvalue weighted by atomic mass is 35.5. The monoisotopic (exact) mass is 453 g/mol. The Morgan fingerprint density at radius 2 is 1.97 bits per heavy atom. The van der Waals surface area contributed by atoms with Crippen LogP contribution in [-0.4, -0.2) is 27.1 Å². The zero-order valence-corrected chi connectivity index (χ0v) is 17.9. The van der Waals surface area contributed by atoms with Crippen LogP contribution in [0.3, 0.4) is 0 Å². The van der Waals surface area contributed by atoms with Crippen molar-refractivity contribution in [3.8, 4) is 11.3 Å². The summed E-state index contributed by atoms with van der Waals surface area (Å²) in [6.45, 7) is 2.16. The highest BCUT2D eigenvalue weighted by Gasteiger charge is 2.35. The fourth-order valence-electron chi connectivity index (χ4n) is 3.19. The first-order valence-corrected chi connectivity index (χ1v) is 10.5. The van der Waals surface area contributed by atoms with Gasteiger partial charge in [-0.2, -0.15) is 0 Å². The minimum atomic E-state index is -1.11. The van der Waals surface area contributed by atoms with Crippen molar-refractivity contribution < 1.29 is 23.9 Å². The van der Waals surface area contributed by atoms with Gasteiger partial charge in [-0.15, -0.1) is 0 Å². The molecule has 2 aromatic carbocycles. The molecule has 0 saturated carbocycles. The number of amides is 2. The van der Waals surface area contributed by atoms with E-state index in [1.54, 1.807) is 18.2 Å². The van der Waals surface area contributed by atoms with Gasteiger partial charge in [-0.05, 0) is 48.5 Å². The van der Waals surface area contributed by atoms with Gasteiger partial charge in [-0.3, -0.25) is 14.5 Å². The number of hydrogen-bond donors (Lipinski definition) is 1. The van der Waals surface area contributed by atoms with E-state index >= 15 is 0 Å².